The first-order valence-corrected chi connectivity index (χ1v) is 18.7. The molecule has 8 heteroatoms. The summed E-state index contributed by atoms with van der Waals surface area (Å²) in [7, 11) is 0. The molecule has 0 amide bonds. The van der Waals surface area contributed by atoms with Crippen LogP contribution in [0.2, 0.25) is 0 Å². The highest BCUT2D eigenvalue weighted by atomic mass is 16.6. The molecule has 278 valence electrons. The second-order valence-corrected chi connectivity index (χ2v) is 15.1. The Kier molecular flexibility index (Phi) is 10.8. The molecule has 3 aliphatic heterocycles. The Bertz CT molecular complexity index is 2230. The monoisotopic (exact) mass is 726 g/mol. The molecule has 0 radical (unpaired) electrons. The number of aliphatic hydroxyl groups excluding tert-OH is 1. The van der Waals surface area contributed by atoms with Crippen LogP contribution in [0.3, 0.4) is 0 Å². The molecule has 0 saturated heterocycles. The molecule has 0 fully saturated rings. The van der Waals surface area contributed by atoms with Gasteiger partial charge in [-0.15, -0.1) is 0 Å². The van der Waals surface area contributed by atoms with Crippen molar-refractivity contribution in [2.24, 2.45) is 5.92 Å². The van der Waals surface area contributed by atoms with E-state index in [1.165, 1.54) is 22.8 Å². The van der Waals surface area contributed by atoms with Gasteiger partial charge < -0.3 is 23.7 Å². The standard InChI is InChI=1S/C46H46O8/c1-29(28-47)37-21-18-30-12-14-33(15-13-30)26-35(17-16-32-10-7-11-34(25-32)24-31-8-5-4-6-9-31)27-40(49)52-43-41-38(54-46(2,3)44(43)53-45(37)50)22-19-36-20-23-39(48)51-42(36)41/h4-15,19-20,22-23,25,35,43-44,47H,16-18,21,24,26-28H2,1-3H3/t35-,43-,44-/m0/s1. The Morgan fingerprint density at radius 1 is 0.778 bits per heavy atom. The predicted octanol–water partition coefficient (Wildman–Crippen LogP) is 8.19. The van der Waals surface area contributed by atoms with Crippen LogP contribution in [0, 0.1) is 5.92 Å². The maximum Gasteiger partial charge on any atom is 0.336 e. The quantitative estimate of drug-likeness (QED) is 0.106. The minimum Gasteiger partial charge on any atom is -0.483 e. The molecule has 8 nitrogen and oxygen atoms in total. The number of benzene rings is 4. The summed E-state index contributed by atoms with van der Waals surface area (Å²) in [5.74, 6) is -0.788. The van der Waals surface area contributed by atoms with Crippen molar-refractivity contribution in [2.75, 3.05) is 6.61 Å². The number of hydrogen-bond acceptors (Lipinski definition) is 8. The van der Waals surface area contributed by atoms with E-state index in [4.69, 9.17) is 18.6 Å². The topological polar surface area (TPSA) is 112 Å². The van der Waals surface area contributed by atoms with Gasteiger partial charge in [-0.1, -0.05) is 78.9 Å². The van der Waals surface area contributed by atoms with E-state index in [9.17, 15) is 19.5 Å². The van der Waals surface area contributed by atoms with Gasteiger partial charge in [0.2, 0.25) is 0 Å². The fourth-order valence-corrected chi connectivity index (χ4v) is 7.69. The summed E-state index contributed by atoms with van der Waals surface area (Å²) in [5, 5.41) is 10.7. The Morgan fingerprint density at radius 2 is 1.50 bits per heavy atom. The van der Waals surface area contributed by atoms with Gasteiger partial charge in [0.25, 0.3) is 0 Å². The lowest BCUT2D eigenvalue weighted by molar-refractivity contribution is -0.188. The van der Waals surface area contributed by atoms with Crippen LogP contribution < -0.4 is 10.4 Å². The molecule has 0 spiro atoms. The third-order valence-corrected chi connectivity index (χ3v) is 10.6. The van der Waals surface area contributed by atoms with E-state index < -0.39 is 35.4 Å². The summed E-state index contributed by atoms with van der Waals surface area (Å²) >= 11 is 0. The SMILES string of the molecule is CC(CO)=C1CCc2ccc(cc2)C[C@H](CCc2cccc(Cc3ccccc3)c2)CC(=O)O[C@H]2c3c(ccc4ccc(=O)oc34)OC(C)(C)[C@H]2OC1=O. The number of fused-ring (bicyclic) bond motifs is 13. The molecule has 4 heterocycles. The number of carbonyl (C=O) groups excluding carboxylic acids is 2. The van der Waals surface area contributed by atoms with Gasteiger partial charge in [-0.05, 0) is 117 Å². The van der Waals surface area contributed by atoms with Crippen LogP contribution in [0.25, 0.3) is 11.0 Å². The lowest BCUT2D eigenvalue weighted by Crippen LogP contribution is -2.52. The minimum absolute atomic E-state index is 0.0606. The van der Waals surface area contributed by atoms with E-state index in [-0.39, 0.29) is 24.5 Å². The number of aryl methyl sites for hydroxylation is 2. The van der Waals surface area contributed by atoms with Crippen LogP contribution in [-0.2, 0) is 44.7 Å². The van der Waals surface area contributed by atoms with Crippen LogP contribution in [0.1, 0.15) is 79.5 Å². The fourth-order valence-electron chi connectivity index (χ4n) is 7.69. The van der Waals surface area contributed by atoms with E-state index in [1.54, 1.807) is 39.0 Å². The van der Waals surface area contributed by atoms with Gasteiger partial charge in [0.05, 0.1) is 12.2 Å². The molecule has 2 bridgehead atoms. The Balaban J connectivity index is 1.24. The number of carbonyl (C=O) groups is 2. The van der Waals surface area contributed by atoms with Crippen molar-refractivity contribution in [1.82, 2.24) is 0 Å². The molecular formula is C46H46O8. The number of hydrogen-bond donors (Lipinski definition) is 1. The molecular weight excluding hydrogens is 680 g/mol. The highest BCUT2D eigenvalue weighted by Gasteiger charge is 2.50. The molecule has 0 saturated carbocycles. The summed E-state index contributed by atoms with van der Waals surface area (Å²) in [5.41, 5.74) is 5.49. The van der Waals surface area contributed by atoms with E-state index in [2.05, 4.69) is 72.8 Å². The normalized spacial score (nSPS) is 21.0. The number of rotatable bonds is 6. The molecule has 0 unspecified atom stereocenters. The van der Waals surface area contributed by atoms with Gasteiger partial charge in [-0.2, -0.15) is 0 Å². The van der Waals surface area contributed by atoms with Gasteiger partial charge in [0.15, 0.2) is 12.2 Å². The largest absolute Gasteiger partial charge is 0.483 e. The third-order valence-electron chi connectivity index (χ3n) is 10.6. The van der Waals surface area contributed by atoms with Crippen LogP contribution in [0.5, 0.6) is 5.75 Å². The van der Waals surface area contributed by atoms with Crippen molar-refractivity contribution in [2.45, 2.75) is 83.5 Å². The fraction of sp³-hybridized carbons (Fsp3) is 0.326. The number of aliphatic hydroxyl groups is 1. The lowest BCUT2D eigenvalue weighted by atomic mass is 9.86. The molecule has 8 rings (SSSR count). The lowest BCUT2D eigenvalue weighted by Gasteiger charge is -2.43. The maximum atomic E-state index is 14.3. The van der Waals surface area contributed by atoms with Crippen molar-refractivity contribution >= 4 is 22.9 Å². The third kappa shape index (κ3) is 8.34. The zero-order valence-corrected chi connectivity index (χ0v) is 31.0. The predicted molar refractivity (Wildman–Crippen MR) is 206 cm³/mol. The van der Waals surface area contributed by atoms with Crippen LogP contribution in [0.4, 0.5) is 0 Å². The zero-order valence-electron chi connectivity index (χ0n) is 31.0. The summed E-state index contributed by atoms with van der Waals surface area (Å²) < 4.78 is 24.8. The minimum atomic E-state index is -1.15. The van der Waals surface area contributed by atoms with Crippen molar-refractivity contribution in [3.63, 3.8) is 0 Å². The smallest absolute Gasteiger partial charge is 0.336 e. The van der Waals surface area contributed by atoms with Crippen LogP contribution >= 0.6 is 0 Å². The summed E-state index contributed by atoms with van der Waals surface area (Å²) in [6.45, 7) is 4.94. The molecule has 3 atom stereocenters. The first kappa shape index (κ1) is 36.9. The second kappa shape index (κ2) is 15.9. The Hall–Kier alpha value is -5.47. The highest BCUT2D eigenvalue weighted by molar-refractivity contribution is 5.90. The molecule has 5 aromatic rings. The van der Waals surface area contributed by atoms with E-state index in [0.717, 1.165) is 30.4 Å². The van der Waals surface area contributed by atoms with Crippen molar-refractivity contribution < 1.29 is 33.3 Å². The first-order valence-electron chi connectivity index (χ1n) is 18.7. The van der Waals surface area contributed by atoms with Gasteiger partial charge in [-0.25, -0.2) is 9.59 Å². The summed E-state index contributed by atoms with van der Waals surface area (Å²) in [4.78, 5) is 40.8. The van der Waals surface area contributed by atoms with Crippen molar-refractivity contribution in [3.8, 4) is 5.75 Å². The zero-order chi connectivity index (χ0) is 37.8. The Morgan fingerprint density at radius 3 is 2.28 bits per heavy atom. The highest BCUT2D eigenvalue weighted by Crippen LogP contribution is 2.47. The number of ether oxygens (including phenoxy) is 3. The maximum absolute atomic E-state index is 14.3. The van der Waals surface area contributed by atoms with Crippen LogP contribution in [0.15, 0.2) is 123 Å². The van der Waals surface area contributed by atoms with E-state index in [0.29, 0.717) is 47.1 Å². The molecule has 54 heavy (non-hydrogen) atoms. The van der Waals surface area contributed by atoms with Gasteiger partial charge in [0.1, 0.15) is 16.9 Å². The van der Waals surface area contributed by atoms with Gasteiger partial charge in [-0.3, -0.25) is 4.79 Å². The Labute approximate surface area is 315 Å². The van der Waals surface area contributed by atoms with Crippen LogP contribution in [-0.4, -0.2) is 35.4 Å². The molecule has 1 aromatic heterocycles. The number of esters is 2. The molecule has 0 aliphatic carbocycles. The van der Waals surface area contributed by atoms with Crippen molar-refractivity contribution in [1.29, 1.82) is 0 Å². The van der Waals surface area contributed by atoms with E-state index in [1.807, 2.05) is 6.07 Å². The van der Waals surface area contributed by atoms with Gasteiger partial charge in [0, 0.05) is 23.4 Å². The average molecular weight is 727 g/mol. The van der Waals surface area contributed by atoms with Crippen molar-refractivity contribution in [3.05, 3.63) is 158 Å². The average Bonchev–Trinajstić information content (AvgIpc) is 3.15. The van der Waals surface area contributed by atoms with E-state index >= 15 is 0 Å². The summed E-state index contributed by atoms with van der Waals surface area (Å²) in [6, 6.07) is 33.8. The van der Waals surface area contributed by atoms with Gasteiger partial charge >= 0.3 is 17.6 Å². The summed E-state index contributed by atoms with van der Waals surface area (Å²) in [6.07, 6.45) is 1.78. The molecule has 4 aromatic carbocycles. The molecule has 3 aliphatic rings. The second-order valence-electron chi connectivity index (χ2n) is 15.1. The first-order chi connectivity index (χ1) is 26.1. The molecule has 1 N–H and O–H groups in total.